The van der Waals surface area contributed by atoms with Crippen molar-refractivity contribution in [2.75, 3.05) is 4.90 Å². The van der Waals surface area contributed by atoms with Gasteiger partial charge in [-0.2, -0.15) is 5.26 Å². The number of amides is 2. The smallest absolute Gasteiger partial charge is 0.248 e. The predicted molar refractivity (Wildman–Crippen MR) is 152 cm³/mol. The molecule has 0 radical (unpaired) electrons. The van der Waals surface area contributed by atoms with E-state index in [1.165, 1.54) is 6.42 Å². The number of aliphatic hydroxyl groups is 1. The molecule has 4 unspecified atom stereocenters. The lowest BCUT2D eigenvalue weighted by molar-refractivity contribution is -0.131. The fourth-order valence-corrected chi connectivity index (χ4v) is 6.13. The zero-order valence-corrected chi connectivity index (χ0v) is 23.5. The summed E-state index contributed by atoms with van der Waals surface area (Å²) in [5.41, 5.74) is 2.31. The molecular formula is C32H42N4O3. The van der Waals surface area contributed by atoms with Crippen molar-refractivity contribution in [3.05, 3.63) is 59.9 Å². The molecule has 1 aromatic heterocycles. The number of pyridine rings is 1. The molecule has 2 saturated carbocycles. The van der Waals surface area contributed by atoms with E-state index in [2.05, 4.69) is 31.1 Å². The van der Waals surface area contributed by atoms with Gasteiger partial charge in [0.25, 0.3) is 0 Å². The van der Waals surface area contributed by atoms with Gasteiger partial charge in [0.05, 0.1) is 6.07 Å². The lowest BCUT2D eigenvalue weighted by Gasteiger charge is -2.39. The van der Waals surface area contributed by atoms with Crippen molar-refractivity contribution in [1.29, 1.82) is 5.26 Å². The van der Waals surface area contributed by atoms with Crippen molar-refractivity contribution in [3.63, 3.8) is 0 Å². The Hall–Kier alpha value is -3.24. The summed E-state index contributed by atoms with van der Waals surface area (Å²) in [6.45, 7) is 6.41. The van der Waals surface area contributed by atoms with Gasteiger partial charge < -0.3 is 10.4 Å². The van der Waals surface area contributed by atoms with Crippen molar-refractivity contribution >= 4 is 17.5 Å². The third kappa shape index (κ3) is 6.86. The van der Waals surface area contributed by atoms with Gasteiger partial charge in [0.15, 0.2) is 0 Å². The Morgan fingerprint density at radius 1 is 1.03 bits per heavy atom. The van der Waals surface area contributed by atoms with Crippen molar-refractivity contribution in [1.82, 2.24) is 10.3 Å². The number of aromatic nitrogens is 1. The molecule has 2 aromatic rings. The summed E-state index contributed by atoms with van der Waals surface area (Å²) in [4.78, 5) is 34.5. The molecule has 0 spiro atoms. The Morgan fingerprint density at radius 3 is 2.31 bits per heavy atom. The normalized spacial score (nSPS) is 21.8. The number of benzene rings is 1. The van der Waals surface area contributed by atoms with Crippen LogP contribution in [0.5, 0.6) is 0 Å². The first kappa shape index (κ1) is 28.8. The number of rotatable bonds is 7. The monoisotopic (exact) mass is 530 g/mol. The number of hydrogen-bond acceptors (Lipinski definition) is 5. The second kappa shape index (κ2) is 12.7. The number of aliphatic hydroxyl groups excluding tert-OH is 1. The minimum absolute atomic E-state index is 0.0696. The van der Waals surface area contributed by atoms with Crippen molar-refractivity contribution < 1.29 is 14.7 Å². The van der Waals surface area contributed by atoms with Gasteiger partial charge in [0.2, 0.25) is 11.8 Å². The predicted octanol–water partition coefficient (Wildman–Crippen LogP) is 5.59. The van der Waals surface area contributed by atoms with E-state index in [9.17, 15) is 20.0 Å². The van der Waals surface area contributed by atoms with E-state index in [1.54, 1.807) is 23.4 Å². The Kier molecular flexibility index (Phi) is 9.40. The van der Waals surface area contributed by atoms with E-state index in [-0.39, 0.29) is 23.3 Å². The number of hydrogen-bond donors (Lipinski definition) is 2. The number of nitrogens with zero attached hydrogens (tertiary/aromatic N) is 3. The van der Waals surface area contributed by atoms with Gasteiger partial charge in [-0.05, 0) is 54.9 Å². The number of nitriles is 1. The summed E-state index contributed by atoms with van der Waals surface area (Å²) in [6, 6.07) is 12.6. The zero-order valence-electron chi connectivity index (χ0n) is 23.5. The Balaban J connectivity index is 1.79. The maximum atomic E-state index is 14.5. The second-order valence-corrected chi connectivity index (χ2v) is 12.2. The highest BCUT2D eigenvalue weighted by Gasteiger charge is 2.42. The quantitative estimate of drug-likeness (QED) is 0.454. The summed E-state index contributed by atoms with van der Waals surface area (Å²) in [6.07, 6.45) is 10.2. The van der Waals surface area contributed by atoms with Crippen LogP contribution in [0.2, 0.25) is 0 Å². The third-order valence-electron chi connectivity index (χ3n) is 8.38. The molecule has 2 aliphatic carbocycles. The van der Waals surface area contributed by atoms with E-state index in [1.807, 2.05) is 36.4 Å². The molecule has 7 nitrogen and oxygen atoms in total. The molecule has 1 aromatic carbocycles. The Morgan fingerprint density at radius 2 is 1.69 bits per heavy atom. The molecule has 4 rings (SSSR count). The van der Waals surface area contributed by atoms with Crippen molar-refractivity contribution in [2.24, 2.45) is 11.8 Å². The van der Waals surface area contributed by atoms with Crippen LogP contribution in [0, 0.1) is 23.2 Å². The molecule has 39 heavy (non-hydrogen) atoms. The van der Waals surface area contributed by atoms with Crippen LogP contribution in [0.25, 0.3) is 0 Å². The van der Waals surface area contributed by atoms with Gasteiger partial charge in [-0.15, -0.1) is 0 Å². The summed E-state index contributed by atoms with van der Waals surface area (Å²) in [7, 11) is 0. The van der Waals surface area contributed by atoms with Crippen LogP contribution in [0.3, 0.4) is 0 Å². The van der Waals surface area contributed by atoms with Crippen molar-refractivity contribution in [2.45, 2.75) is 102 Å². The fraction of sp³-hybridized carbons (Fsp3) is 0.562. The average molecular weight is 531 g/mol. The van der Waals surface area contributed by atoms with Gasteiger partial charge >= 0.3 is 0 Å². The second-order valence-electron chi connectivity index (χ2n) is 12.2. The van der Waals surface area contributed by atoms with E-state index < -0.39 is 24.0 Å². The van der Waals surface area contributed by atoms with E-state index in [0.29, 0.717) is 24.1 Å². The Bertz CT molecular complexity index is 1150. The molecule has 0 bridgehead atoms. The molecule has 0 saturated heterocycles. The number of nitrogens with one attached hydrogen (secondary N) is 1. The molecule has 1 heterocycles. The zero-order chi connectivity index (χ0) is 28.0. The molecule has 4 atom stereocenters. The van der Waals surface area contributed by atoms with Crippen LogP contribution in [-0.2, 0) is 15.0 Å². The molecule has 2 fully saturated rings. The number of anilines is 1. The van der Waals surface area contributed by atoms with E-state index in [4.69, 9.17) is 0 Å². The van der Waals surface area contributed by atoms with Crippen LogP contribution in [0.1, 0.15) is 95.7 Å². The Labute approximate surface area is 232 Å². The molecule has 2 N–H and O–H groups in total. The third-order valence-corrected chi connectivity index (χ3v) is 8.38. The molecule has 7 heteroatoms. The van der Waals surface area contributed by atoms with Crippen LogP contribution in [0.4, 0.5) is 5.69 Å². The summed E-state index contributed by atoms with van der Waals surface area (Å²) in [5, 5.41) is 23.3. The number of carbonyl (C=O) groups excluding carboxylic acids is 2. The average Bonchev–Trinajstić information content (AvgIpc) is 2.95. The van der Waals surface area contributed by atoms with Crippen LogP contribution < -0.4 is 10.2 Å². The topological polar surface area (TPSA) is 106 Å². The van der Waals surface area contributed by atoms with E-state index >= 15 is 0 Å². The molecule has 2 aliphatic rings. The standard InChI is InChI=1S/C32H42N4O3/c1-32(2,3)23-15-17-25(18-16-23)36(31(39)27-14-8-7-13-26(27)28(37)20-33)29(22-10-9-19-34-21-22)30(38)35-24-11-5-4-6-12-24/h9-10,15-19,21,24,26-29,37H,4-8,11-14H2,1-3H3,(H,35,38). The van der Waals surface area contributed by atoms with E-state index in [0.717, 1.165) is 44.1 Å². The summed E-state index contributed by atoms with van der Waals surface area (Å²) < 4.78 is 0. The highest BCUT2D eigenvalue weighted by atomic mass is 16.3. The minimum atomic E-state index is -1.22. The summed E-state index contributed by atoms with van der Waals surface area (Å²) in [5.74, 6) is -1.48. The minimum Gasteiger partial charge on any atom is -0.378 e. The van der Waals surface area contributed by atoms with Gasteiger partial charge in [-0.1, -0.05) is 71.1 Å². The largest absolute Gasteiger partial charge is 0.378 e. The highest BCUT2D eigenvalue weighted by molar-refractivity contribution is 6.02. The lowest BCUT2D eigenvalue weighted by atomic mass is 9.75. The molecule has 0 aliphatic heterocycles. The molecular weight excluding hydrogens is 488 g/mol. The maximum Gasteiger partial charge on any atom is 0.248 e. The summed E-state index contributed by atoms with van der Waals surface area (Å²) >= 11 is 0. The van der Waals surface area contributed by atoms with Gasteiger partial charge in [0.1, 0.15) is 12.1 Å². The van der Waals surface area contributed by atoms with Crippen LogP contribution >= 0.6 is 0 Å². The molecule has 2 amide bonds. The van der Waals surface area contributed by atoms with Crippen molar-refractivity contribution in [3.8, 4) is 6.07 Å². The SMILES string of the molecule is CC(C)(C)c1ccc(N(C(=O)C2CCCCC2C(O)C#N)C(C(=O)NC2CCCCC2)c2cccnc2)cc1. The number of carbonyl (C=O) groups is 2. The van der Waals surface area contributed by atoms with Crippen LogP contribution in [0.15, 0.2) is 48.8 Å². The lowest BCUT2D eigenvalue weighted by Crippen LogP contribution is -2.51. The van der Waals surface area contributed by atoms with Gasteiger partial charge in [-0.25, -0.2) is 0 Å². The highest BCUT2D eigenvalue weighted by Crippen LogP contribution is 2.38. The molecule has 208 valence electrons. The first-order valence-electron chi connectivity index (χ1n) is 14.4. The first-order chi connectivity index (χ1) is 18.7. The van der Waals surface area contributed by atoms with Crippen LogP contribution in [-0.4, -0.2) is 34.1 Å². The fourth-order valence-electron chi connectivity index (χ4n) is 6.13. The van der Waals surface area contributed by atoms with Gasteiger partial charge in [0, 0.05) is 41.5 Å². The van der Waals surface area contributed by atoms with Gasteiger partial charge in [-0.3, -0.25) is 19.5 Å². The first-order valence-corrected chi connectivity index (χ1v) is 14.4. The maximum absolute atomic E-state index is 14.5.